The van der Waals surface area contributed by atoms with E-state index in [1.807, 2.05) is 12.3 Å². The van der Waals surface area contributed by atoms with E-state index in [9.17, 15) is 0 Å². The highest BCUT2D eigenvalue weighted by Crippen LogP contribution is 2.32. The van der Waals surface area contributed by atoms with Gasteiger partial charge >= 0.3 is 0 Å². The molecule has 3 nitrogen and oxygen atoms in total. The molecule has 19 heavy (non-hydrogen) atoms. The molecule has 1 saturated carbocycles. The highest BCUT2D eigenvalue weighted by molar-refractivity contribution is 5.66. The van der Waals surface area contributed by atoms with Crippen LogP contribution in [0.5, 0.6) is 0 Å². The van der Waals surface area contributed by atoms with E-state index in [0.717, 1.165) is 24.8 Å². The second kappa shape index (κ2) is 5.81. The van der Waals surface area contributed by atoms with E-state index in [1.54, 1.807) is 0 Å². The summed E-state index contributed by atoms with van der Waals surface area (Å²) >= 11 is 0. The monoisotopic (exact) mass is 259 g/mol. The van der Waals surface area contributed by atoms with Gasteiger partial charge in [-0.3, -0.25) is 0 Å². The molecular formula is C16H25N3. The maximum Gasteiger partial charge on any atom is 0.151 e. The van der Waals surface area contributed by atoms with Crippen LogP contribution in [0.1, 0.15) is 45.4 Å². The highest BCUT2D eigenvalue weighted by Gasteiger charge is 2.23. The summed E-state index contributed by atoms with van der Waals surface area (Å²) in [5.74, 6) is 2.00. The number of aromatic nitrogens is 1. The van der Waals surface area contributed by atoms with Crippen molar-refractivity contribution in [2.45, 2.75) is 51.5 Å². The molecule has 1 N–H and O–H groups in total. The van der Waals surface area contributed by atoms with Crippen molar-refractivity contribution in [3.63, 3.8) is 0 Å². The van der Waals surface area contributed by atoms with Crippen molar-refractivity contribution < 1.29 is 0 Å². The molecule has 1 aromatic heterocycles. The third kappa shape index (κ3) is 2.85. The first-order valence-electron chi connectivity index (χ1n) is 7.81. The molecule has 104 valence electrons. The van der Waals surface area contributed by atoms with Crippen LogP contribution in [0.4, 0.5) is 11.5 Å². The fraction of sp³-hybridized carbons (Fsp3) is 0.688. The number of anilines is 2. The summed E-state index contributed by atoms with van der Waals surface area (Å²) in [4.78, 5) is 7.02. The van der Waals surface area contributed by atoms with Crippen molar-refractivity contribution in [2.24, 2.45) is 5.92 Å². The van der Waals surface area contributed by atoms with Crippen LogP contribution in [0.2, 0.25) is 0 Å². The van der Waals surface area contributed by atoms with E-state index in [-0.39, 0.29) is 0 Å². The maximum atomic E-state index is 4.60. The van der Waals surface area contributed by atoms with Crippen LogP contribution in [0.25, 0.3) is 0 Å². The van der Waals surface area contributed by atoms with Crippen LogP contribution in [-0.2, 0) is 0 Å². The van der Waals surface area contributed by atoms with E-state index in [0.29, 0.717) is 6.04 Å². The van der Waals surface area contributed by atoms with Gasteiger partial charge in [-0.25, -0.2) is 4.98 Å². The highest BCUT2D eigenvalue weighted by atomic mass is 15.2. The predicted molar refractivity (Wildman–Crippen MR) is 80.7 cm³/mol. The van der Waals surface area contributed by atoms with Crippen LogP contribution in [0.15, 0.2) is 18.3 Å². The van der Waals surface area contributed by atoms with Gasteiger partial charge in [0.05, 0.1) is 5.69 Å². The molecule has 0 amide bonds. The Morgan fingerprint density at radius 2 is 1.95 bits per heavy atom. The number of nitrogens with one attached hydrogen (secondary N) is 1. The van der Waals surface area contributed by atoms with Gasteiger partial charge < -0.3 is 10.2 Å². The Labute approximate surface area is 116 Å². The van der Waals surface area contributed by atoms with E-state index in [1.165, 1.54) is 44.2 Å². The topological polar surface area (TPSA) is 28.2 Å². The summed E-state index contributed by atoms with van der Waals surface area (Å²) in [5, 5.41) is 3.73. The van der Waals surface area contributed by atoms with Gasteiger partial charge in [-0.1, -0.05) is 12.8 Å². The minimum atomic E-state index is 0.563. The largest absolute Gasteiger partial charge is 0.379 e. The lowest BCUT2D eigenvalue weighted by Crippen LogP contribution is -2.26. The molecule has 1 atom stereocenters. The Kier molecular flexibility index (Phi) is 3.90. The molecule has 3 rings (SSSR count). The molecule has 1 aromatic rings. The molecule has 1 unspecified atom stereocenters. The van der Waals surface area contributed by atoms with Gasteiger partial charge in [-0.2, -0.15) is 0 Å². The number of pyridine rings is 1. The third-order valence-electron chi connectivity index (χ3n) is 4.68. The summed E-state index contributed by atoms with van der Waals surface area (Å²) in [6.45, 7) is 4.64. The van der Waals surface area contributed by atoms with Gasteiger partial charge in [0, 0.05) is 25.3 Å². The maximum absolute atomic E-state index is 4.60. The minimum Gasteiger partial charge on any atom is -0.379 e. The Balaban J connectivity index is 1.72. The summed E-state index contributed by atoms with van der Waals surface area (Å²) < 4.78 is 0. The molecule has 2 fully saturated rings. The van der Waals surface area contributed by atoms with Gasteiger partial charge in [0.15, 0.2) is 5.82 Å². The molecular weight excluding hydrogens is 234 g/mol. The van der Waals surface area contributed by atoms with E-state index in [4.69, 9.17) is 0 Å². The van der Waals surface area contributed by atoms with Crippen LogP contribution < -0.4 is 10.2 Å². The van der Waals surface area contributed by atoms with Gasteiger partial charge in [0.2, 0.25) is 0 Å². The lowest BCUT2D eigenvalue weighted by molar-refractivity contribution is 0.482. The summed E-state index contributed by atoms with van der Waals surface area (Å²) in [6.07, 6.45) is 10.1. The standard InChI is InChI=1S/C16H25N3/c1-13(14-7-2-3-8-14)18-15-9-6-10-17-16(15)19-11-4-5-12-19/h6,9-10,13-14,18H,2-5,7-8,11-12H2,1H3. The molecule has 0 radical (unpaired) electrons. The Bertz CT molecular complexity index is 406. The third-order valence-corrected chi connectivity index (χ3v) is 4.68. The first-order valence-corrected chi connectivity index (χ1v) is 7.81. The zero-order valence-corrected chi connectivity index (χ0v) is 11.9. The molecule has 1 aliphatic heterocycles. The van der Waals surface area contributed by atoms with Crippen LogP contribution in [0.3, 0.4) is 0 Å². The van der Waals surface area contributed by atoms with Crippen molar-refractivity contribution >= 4 is 11.5 Å². The number of rotatable bonds is 4. The lowest BCUT2D eigenvalue weighted by Gasteiger charge is -2.25. The molecule has 2 heterocycles. The Morgan fingerprint density at radius 3 is 2.68 bits per heavy atom. The zero-order valence-electron chi connectivity index (χ0n) is 11.9. The number of hydrogen-bond acceptors (Lipinski definition) is 3. The molecule has 2 aliphatic rings. The molecule has 3 heteroatoms. The van der Waals surface area contributed by atoms with Crippen LogP contribution >= 0.6 is 0 Å². The van der Waals surface area contributed by atoms with Gasteiger partial charge in [0.25, 0.3) is 0 Å². The first-order chi connectivity index (χ1) is 9.34. The molecule has 0 aromatic carbocycles. The van der Waals surface area contributed by atoms with E-state index in [2.05, 4.69) is 28.2 Å². The van der Waals surface area contributed by atoms with Gasteiger partial charge in [0.1, 0.15) is 0 Å². The summed E-state index contributed by atoms with van der Waals surface area (Å²) in [7, 11) is 0. The number of nitrogens with zero attached hydrogens (tertiary/aromatic N) is 2. The second-order valence-corrected chi connectivity index (χ2v) is 6.05. The second-order valence-electron chi connectivity index (χ2n) is 6.05. The SMILES string of the molecule is CC(Nc1cccnc1N1CCCC1)C1CCCC1. The van der Waals surface area contributed by atoms with Gasteiger partial charge in [-0.15, -0.1) is 0 Å². The molecule has 0 bridgehead atoms. The Morgan fingerprint density at radius 1 is 1.21 bits per heavy atom. The minimum absolute atomic E-state index is 0.563. The predicted octanol–water partition coefficient (Wildman–Crippen LogP) is 3.67. The average Bonchev–Trinajstić information content (AvgIpc) is 3.13. The normalized spacial score (nSPS) is 21.8. The van der Waals surface area contributed by atoms with Crippen molar-refractivity contribution in [2.75, 3.05) is 23.3 Å². The quantitative estimate of drug-likeness (QED) is 0.894. The van der Waals surface area contributed by atoms with Crippen molar-refractivity contribution in [3.8, 4) is 0 Å². The molecule has 1 saturated heterocycles. The molecule has 0 spiro atoms. The lowest BCUT2D eigenvalue weighted by atomic mass is 9.99. The fourth-order valence-corrected chi connectivity index (χ4v) is 3.51. The van der Waals surface area contributed by atoms with Crippen molar-refractivity contribution in [1.82, 2.24) is 4.98 Å². The summed E-state index contributed by atoms with van der Waals surface area (Å²) in [6, 6.07) is 4.79. The number of hydrogen-bond donors (Lipinski definition) is 1. The van der Waals surface area contributed by atoms with Crippen LogP contribution in [-0.4, -0.2) is 24.1 Å². The zero-order chi connectivity index (χ0) is 13.1. The summed E-state index contributed by atoms with van der Waals surface area (Å²) in [5.41, 5.74) is 1.23. The van der Waals surface area contributed by atoms with Crippen molar-refractivity contribution in [1.29, 1.82) is 0 Å². The van der Waals surface area contributed by atoms with Crippen LogP contribution in [0, 0.1) is 5.92 Å². The van der Waals surface area contributed by atoms with E-state index >= 15 is 0 Å². The molecule has 1 aliphatic carbocycles. The average molecular weight is 259 g/mol. The first kappa shape index (κ1) is 12.8. The van der Waals surface area contributed by atoms with E-state index < -0.39 is 0 Å². The van der Waals surface area contributed by atoms with Gasteiger partial charge in [-0.05, 0) is 50.7 Å². The van der Waals surface area contributed by atoms with Crippen molar-refractivity contribution in [3.05, 3.63) is 18.3 Å². The smallest absolute Gasteiger partial charge is 0.151 e. The Hall–Kier alpha value is -1.25. The fourth-order valence-electron chi connectivity index (χ4n) is 3.51.